The topological polar surface area (TPSA) is 52.6 Å². The average Bonchev–Trinajstić information content (AvgIpc) is 2.42. The van der Waals surface area contributed by atoms with Crippen molar-refractivity contribution in [2.75, 3.05) is 25.0 Å². The Morgan fingerprint density at radius 3 is 2.72 bits per heavy atom. The lowest BCUT2D eigenvalue weighted by atomic mass is 10.0. The third-order valence-corrected chi connectivity index (χ3v) is 3.47. The van der Waals surface area contributed by atoms with E-state index < -0.39 is 0 Å². The molecular formula is C14H20N2O2. The molecule has 2 N–H and O–H groups in total. The highest BCUT2D eigenvalue weighted by atomic mass is 16.3. The third-order valence-electron chi connectivity index (χ3n) is 3.47. The Morgan fingerprint density at radius 1 is 1.33 bits per heavy atom. The van der Waals surface area contributed by atoms with E-state index in [1.807, 2.05) is 24.3 Å². The molecule has 4 heteroatoms. The van der Waals surface area contributed by atoms with Gasteiger partial charge in [0.05, 0.1) is 13.2 Å². The summed E-state index contributed by atoms with van der Waals surface area (Å²) in [6, 6.07) is 8.28. The Morgan fingerprint density at radius 2 is 2.06 bits per heavy atom. The summed E-state index contributed by atoms with van der Waals surface area (Å²) in [6.45, 7) is 2.52. The van der Waals surface area contributed by atoms with Gasteiger partial charge in [-0.2, -0.15) is 0 Å². The fourth-order valence-corrected chi connectivity index (χ4v) is 2.38. The Bertz CT molecular complexity index is 387. The molecule has 18 heavy (non-hydrogen) atoms. The molecule has 0 aliphatic carbocycles. The SMILES string of the molecule is O=CCN1CCC(Nc2ccccc2CO)CC1. The number of nitrogens with zero attached hydrogens (tertiary/aromatic N) is 1. The number of para-hydroxylation sites is 1. The van der Waals surface area contributed by atoms with Gasteiger partial charge in [-0.3, -0.25) is 4.90 Å². The van der Waals surface area contributed by atoms with E-state index in [0.29, 0.717) is 12.6 Å². The summed E-state index contributed by atoms with van der Waals surface area (Å²) in [5.41, 5.74) is 1.96. The van der Waals surface area contributed by atoms with Gasteiger partial charge in [0.15, 0.2) is 0 Å². The molecule has 0 unspecified atom stereocenters. The van der Waals surface area contributed by atoms with Crippen LogP contribution in [-0.4, -0.2) is 42.0 Å². The molecule has 0 atom stereocenters. The molecule has 0 bridgehead atoms. The van der Waals surface area contributed by atoms with Crippen molar-refractivity contribution in [1.82, 2.24) is 4.90 Å². The van der Waals surface area contributed by atoms with Gasteiger partial charge in [0, 0.05) is 30.4 Å². The Balaban J connectivity index is 1.89. The highest BCUT2D eigenvalue weighted by Crippen LogP contribution is 2.20. The van der Waals surface area contributed by atoms with Crippen molar-refractivity contribution in [3.63, 3.8) is 0 Å². The number of benzene rings is 1. The average molecular weight is 248 g/mol. The second kappa shape index (κ2) is 6.52. The van der Waals surface area contributed by atoms with Crippen molar-refractivity contribution >= 4 is 12.0 Å². The van der Waals surface area contributed by atoms with Gasteiger partial charge in [-0.15, -0.1) is 0 Å². The van der Waals surface area contributed by atoms with E-state index in [1.165, 1.54) is 0 Å². The first-order chi connectivity index (χ1) is 8.83. The molecule has 98 valence electrons. The second-order valence-corrected chi connectivity index (χ2v) is 4.70. The van der Waals surface area contributed by atoms with E-state index in [0.717, 1.165) is 43.5 Å². The van der Waals surface area contributed by atoms with Gasteiger partial charge < -0.3 is 15.2 Å². The van der Waals surface area contributed by atoms with E-state index >= 15 is 0 Å². The first-order valence-corrected chi connectivity index (χ1v) is 6.44. The molecule has 0 aromatic heterocycles. The number of aliphatic hydroxyl groups is 1. The molecule has 1 aliphatic heterocycles. The quantitative estimate of drug-likeness (QED) is 0.770. The number of hydrogen-bond donors (Lipinski definition) is 2. The molecule has 0 saturated carbocycles. The number of carbonyl (C=O) groups is 1. The fourth-order valence-electron chi connectivity index (χ4n) is 2.38. The third kappa shape index (κ3) is 3.31. The van der Waals surface area contributed by atoms with Crippen molar-refractivity contribution in [3.05, 3.63) is 29.8 Å². The van der Waals surface area contributed by atoms with Crippen LogP contribution in [-0.2, 0) is 11.4 Å². The Hall–Kier alpha value is -1.39. The largest absolute Gasteiger partial charge is 0.392 e. The molecule has 0 spiro atoms. The van der Waals surface area contributed by atoms with Crippen LogP contribution in [0.4, 0.5) is 5.69 Å². The molecule has 4 nitrogen and oxygen atoms in total. The van der Waals surface area contributed by atoms with Crippen LogP contribution in [0.1, 0.15) is 18.4 Å². The standard InChI is InChI=1S/C14H20N2O2/c17-10-9-16-7-5-13(6-8-16)15-14-4-2-1-3-12(14)11-18/h1-4,10,13,15,18H,5-9,11H2. The number of carbonyl (C=O) groups excluding carboxylic acids is 1. The zero-order chi connectivity index (χ0) is 12.8. The maximum absolute atomic E-state index is 10.4. The van der Waals surface area contributed by atoms with Gasteiger partial charge in [0.2, 0.25) is 0 Å². The minimum atomic E-state index is 0.0627. The molecule has 0 radical (unpaired) electrons. The number of nitrogens with one attached hydrogen (secondary N) is 1. The van der Waals surface area contributed by atoms with Crippen LogP contribution in [0.5, 0.6) is 0 Å². The van der Waals surface area contributed by atoms with Crippen LogP contribution in [0.2, 0.25) is 0 Å². The number of rotatable bonds is 5. The fraction of sp³-hybridized carbons (Fsp3) is 0.500. The summed E-state index contributed by atoms with van der Waals surface area (Å²) < 4.78 is 0. The van der Waals surface area contributed by atoms with E-state index in [1.54, 1.807) is 0 Å². The minimum absolute atomic E-state index is 0.0627. The van der Waals surface area contributed by atoms with Crippen molar-refractivity contribution < 1.29 is 9.90 Å². The van der Waals surface area contributed by atoms with Crippen LogP contribution >= 0.6 is 0 Å². The first-order valence-electron chi connectivity index (χ1n) is 6.44. The van der Waals surface area contributed by atoms with Gasteiger partial charge in [-0.25, -0.2) is 0 Å². The van der Waals surface area contributed by atoms with Gasteiger partial charge in [-0.05, 0) is 18.9 Å². The van der Waals surface area contributed by atoms with Crippen LogP contribution < -0.4 is 5.32 Å². The lowest BCUT2D eigenvalue weighted by molar-refractivity contribution is -0.109. The summed E-state index contributed by atoms with van der Waals surface area (Å²) in [5, 5.41) is 12.8. The molecule has 1 aliphatic rings. The maximum atomic E-state index is 10.4. The maximum Gasteiger partial charge on any atom is 0.133 e. The number of anilines is 1. The van der Waals surface area contributed by atoms with Crippen molar-refractivity contribution in [2.24, 2.45) is 0 Å². The van der Waals surface area contributed by atoms with Crippen LogP contribution in [0.15, 0.2) is 24.3 Å². The van der Waals surface area contributed by atoms with Crippen molar-refractivity contribution in [1.29, 1.82) is 0 Å². The summed E-state index contributed by atoms with van der Waals surface area (Å²) in [4.78, 5) is 12.6. The van der Waals surface area contributed by atoms with Gasteiger partial charge in [0.25, 0.3) is 0 Å². The lowest BCUT2D eigenvalue weighted by Gasteiger charge is -2.32. The van der Waals surface area contributed by atoms with E-state index in [4.69, 9.17) is 0 Å². The summed E-state index contributed by atoms with van der Waals surface area (Å²) >= 11 is 0. The highest BCUT2D eigenvalue weighted by Gasteiger charge is 2.18. The van der Waals surface area contributed by atoms with Gasteiger partial charge in [-0.1, -0.05) is 18.2 Å². The summed E-state index contributed by atoms with van der Waals surface area (Å²) in [7, 11) is 0. The molecule has 1 aromatic rings. The number of aliphatic hydroxyl groups excluding tert-OH is 1. The lowest BCUT2D eigenvalue weighted by Crippen LogP contribution is -2.39. The molecule has 2 rings (SSSR count). The predicted molar refractivity (Wildman–Crippen MR) is 71.5 cm³/mol. The number of aldehydes is 1. The number of piperidine rings is 1. The van der Waals surface area contributed by atoms with E-state index in [2.05, 4.69) is 10.2 Å². The van der Waals surface area contributed by atoms with Gasteiger partial charge >= 0.3 is 0 Å². The second-order valence-electron chi connectivity index (χ2n) is 4.70. The normalized spacial score (nSPS) is 17.6. The highest BCUT2D eigenvalue weighted by molar-refractivity contribution is 5.52. The molecule has 1 saturated heterocycles. The van der Waals surface area contributed by atoms with E-state index in [-0.39, 0.29) is 6.61 Å². The van der Waals surface area contributed by atoms with Crippen molar-refractivity contribution in [3.8, 4) is 0 Å². The molecule has 1 aromatic carbocycles. The first kappa shape index (κ1) is 13.1. The number of hydrogen-bond acceptors (Lipinski definition) is 4. The summed E-state index contributed by atoms with van der Waals surface area (Å²) in [6.07, 6.45) is 3.04. The smallest absolute Gasteiger partial charge is 0.133 e. The molecule has 0 amide bonds. The zero-order valence-corrected chi connectivity index (χ0v) is 10.5. The predicted octanol–water partition coefficient (Wildman–Crippen LogP) is 1.25. The summed E-state index contributed by atoms with van der Waals surface area (Å²) in [5.74, 6) is 0. The van der Waals surface area contributed by atoms with Crippen LogP contribution in [0.25, 0.3) is 0 Å². The Labute approximate surface area is 108 Å². The van der Waals surface area contributed by atoms with Crippen LogP contribution in [0, 0.1) is 0 Å². The number of likely N-dealkylation sites (tertiary alicyclic amines) is 1. The Kier molecular flexibility index (Phi) is 4.73. The van der Waals surface area contributed by atoms with E-state index in [9.17, 15) is 9.90 Å². The van der Waals surface area contributed by atoms with Crippen molar-refractivity contribution in [2.45, 2.75) is 25.5 Å². The minimum Gasteiger partial charge on any atom is -0.392 e. The monoisotopic (exact) mass is 248 g/mol. The van der Waals surface area contributed by atoms with Crippen LogP contribution in [0.3, 0.4) is 0 Å². The molecule has 1 heterocycles. The van der Waals surface area contributed by atoms with Gasteiger partial charge in [0.1, 0.15) is 6.29 Å². The molecule has 1 fully saturated rings. The molecular weight excluding hydrogens is 228 g/mol. The zero-order valence-electron chi connectivity index (χ0n) is 10.5.